The van der Waals surface area contributed by atoms with Gasteiger partial charge in [0.05, 0.1) is 12.8 Å². The number of likely N-dealkylation sites (N-methyl/N-ethyl adjacent to an activating group) is 1. The fourth-order valence-corrected chi connectivity index (χ4v) is 2.94. The SMILES string of the molecule is CCN(CC(=O)OC)S(=O)(=O)c1ccccc1N. The van der Waals surface area contributed by atoms with Gasteiger partial charge in [-0.1, -0.05) is 19.1 Å². The van der Waals surface area contributed by atoms with Gasteiger partial charge in [-0.25, -0.2) is 8.42 Å². The van der Waals surface area contributed by atoms with Gasteiger partial charge >= 0.3 is 5.97 Å². The van der Waals surface area contributed by atoms with E-state index in [2.05, 4.69) is 4.74 Å². The molecule has 1 aromatic rings. The van der Waals surface area contributed by atoms with Gasteiger partial charge in [-0.05, 0) is 12.1 Å². The van der Waals surface area contributed by atoms with Crippen molar-refractivity contribution in [1.29, 1.82) is 0 Å². The zero-order valence-corrected chi connectivity index (χ0v) is 11.1. The van der Waals surface area contributed by atoms with Crippen LogP contribution in [0.25, 0.3) is 0 Å². The topological polar surface area (TPSA) is 89.7 Å². The molecule has 0 aliphatic rings. The maximum absolute atomic E-state index is 12.3. The maximum atomic E-state index is 12.3. The molecule has 0 aliphatic heterocycles. The molecule has 0 saturated carbocycles. The quantitative estimate of drug-likeness (QED) is 0.621. The van der Waals surface area contributed by atoms with Gasteiger partial charge < -0.3 is 10.5 Å². The number of benzene rings is 1. The molecule has 6 nitrogen and oxygen atoms in total. The zero-order valence-electron chi connectivity index (χ0n) is 10.3. The molecule has 0 radical (unpaired) electrons. The van der Waals surface area contributed by atoms with E-state index in [1.54, 1.807) is 19.1 Å². The van der Waals surface area contributed by atoms with Crippen molar-refractivity contribution in [3.8, 4) is 0 Å². The summed E-state index contributed by atoms with van der Waals surface area (Å²) in [5, 5.41) is 0. The highest BCUT2D eigenvalue weighted by Gasteiger charge is 2.27. The van der Waals surface area contributed by atoms with E-state index in [4.69, 9.17) is 5.73 Å². The van der Waals surface area contributed by atoms with Gasteiger partial charge in [0.1, 0.15) is 11.4 Å². The molecule has 1 rings (SSSR count). The lowest BCUT2D eigenvalue weighted by molar-refractivity contribution is -0.140. The number of anilines is 1. The molecule has 0 spiro atoms. The maximum Gasteiger partial charge on any atom is 0.321 e. The van der Waals surface area contributed by atoms with E-state index in [1.165, 1.54) is 19.2 Å². The summed E-state index contributed by atoms with van der Waals surface area (Å²) in [5.41, 5.74) is 5.79. The lowest BCUT2D eigenvalue weighted by atomic mass is 10.3. The largest absolute Gasteiger partial charge is 0.468 e. The number of nitrogens with two attached hydrogens (primary N) is 1. The van der Waals surface area contributed by atoms with Crippen LogP contribution in [0.2, 0.25) is 0 Å². The van der Waals surface area contributed by atoms with Crippen LogP contribution in [0.5, 0.6) is 0 Å². The average Bonchev–Trinajstić information content (AvgIpc) is 2.35. The molecule has 7 heteroatoms. The number of nitrogen functional groups attached to an aromatic ring is 1. The highest BCUT2D eigenvalue weighted by molar-refractivity contribution is 7.89. The molecule has 100 valence electrons. The Labute approximate surface area is 106 Å². The monoisotopic (exact) mass is 272 g/mol. The Morgan fingerprint density at radius 2 is 2.00 bits per heavy atom. The minimum atomic E-state index is -3.78. The minimum Gasteiger partial charge on any atom is -0.468 e. The van der Waals surface area contributed by atoms with Crippen molar-refractivity contribution < 1.29 is 17.9 Å². The third-order valence-electron chi connectivity index (χ3n) is 2.42. The number of sulfonamides is 1. The smallest absolute Gasteiger partial charge is 0.321 e. The highest BCUT2D eigenvalue weighted by Crippen LogP contribution is 2.21. The van der Waals surface area contributed by atoms with Crippen LogP contribution in [0.4, 0.5) is 5.69 Å². The van der Waals surface area contributed by atoms with Crippen LogP contribution >= 0.6 is 0 Å². The third kappa shape index (κ3) is 2.99. The van der Waals surface area contributed by atoms with Crippen LogP contribution in [0.1, 0.15) is 6.92 Å². The van der Waals surface area contributed by atoms with Gasteiger partial charge in [-0.2, -0.15) is 4.31 Å². The van der Waals surface area contributed by atoms with Crippen LogP contribution in [-0.4, -0.2) is 38.9 Å². The third-order valence-corrected chi connectivity index (χ3v) is 4.42. The number of ether oxygens (including phenoxy) is 1. The molecule has 0 unspecified atom stereocenters. The molecular weight excluding hydrogens is 256 g/mol. The van der Waals surface area contributed by atoms with E-state index in [0.717, 1.165) is 4.31 Å². The molecule has 0 aromatic heterocycles. The Hall–Kier alpha value is -1.60. The second kappa shape index (κ2) is 5.83. The Morgan fingerprint density at radius 1 is 1.39 bits per heavy atom. The Bertz CT molecular complexity index is 528. The van der Waals surface area contributed by atoms with E-state index in [0.29, 0.717) is 0 Å². The summed E-state index contributed by atoms with van der Waals surface area (Å²) in [6.07, 6.45) is 0. The predicted molar refractivity (Wildman–Crippen MR) is 67.3 cm³/mol. The van der Waals surface area contributed by atoms with E-state index in [-0.39, 0.29) is 23.7 Å². The minimum absolute atomic E-state index is 0.00393. The molecule has 0 fully saturated rings. The molecule has 18 heavy (non-hydrogen) atoms. The van der Waals surface area contributed by atoms with Crippen molar-refractivity contribution in [2.75, 3.05) is 25.9 Å². The number of hydrogen-bond acceptors (Lipinski definition) is 5. The summed E-state index contributed by atoms with van der Waals surface area (Å²) in [4.78, 5) is 11.2. The molecule has 0 amide bonds. The molecular formula is C11H16N2O4S. The van der Waals surface area contributed by atoms with Crippen molar-refractivity contribution in [1.82, 2.24) is 4.31 Å². The zero-order chi connectivity index (χ0) is 13.8. The summed E-state index contributed by atoms with van der Waals surface area (Å²) in [5.74, 6) is -0.616. The standard InChI is InChI=1S/C11H16N2O4S/c1-3-13(8-11(14)17-2)18(15,16)10-7-5-4-6-9(10)12/h4-7H,3,8,12H2,1-2H3. The first kappa shape index (κ1) is 14.5. The van der Waals surface area contributed by atoms with Gasteiger partial charge in [0, 0.05) is 6.54 Å². The molecule has 0 atom stereocenters. The Kier molecular flexibility index (Phi) is 4.69. The van der Waals surface area contributed by atoms with E-state index in [1.807, 2.05) is 0 Å². The van der Waals surface area contributed by atoms with Gasteiger partial charge in [0.2, 0.25) is 10.0 Å². The van der Waals surface area contributed by atoms with Crippen LogP contribution in [0.3, 0.4) is 0 Å². The van der Waals surface area contributed by atoms with Crippen LogP contribution in [0, 0.1) is 0 Å². The number of carbonyl (C=O) groups excluding carboxylic acids is 1. The van der Waals surface area contributed by atoms with Crippen molar-refractivity contribution >= 4 is 21.7 Å². The molecule has 0 heterocycles. The first-order valence-corrected chi connectivity index (χ1v) is 6.79. The number of methoxy groups -OCH3 is 1. The first-order chi connectivity index (χ1) is 8.43. The predicted octanol–water partition coefficient (Wildman–Crippen LogP) is 0.452. The van der Waals surface area contributed by atoms with Crippen LogP contribution in [0.15, 0.2) is 29.2 Å². The number of carbonyl (C=O) groups is 1. The lowest BCUT2D eigenvalue weighted by Gasteiger charge is -2.19. The van der Waals surface area contributed by atoms with E-state index < -0.39 is 16.0 Å². The molecule has 2 N–H and O–H groups in total. The van der Waals surface area contributed by atoms with Crippen LogP contribution < -0.4 is 5.73 Å². The van der Waals surface area contributed by atoms with Crippen molar-refractivity contribution in [3.63, 3.8) is 0 Å². The highest BCUT2D eigenvalue weighted by atomic mass is 32.2. The van der Waals surface area contributed by atoms with Gasteiger partial charge in [-0.3, -0.25) is 4.79 Å². The number of hydrogen-bond donors (Lipinski definition) is 1. The summed E-state index contributed by atoms with van der Waals surface area (Å²) in [6, 6.07) is 6.13. The molecule has 1 aromatic carbocycles. The van der Waals surface area contributed by atoms with Gasteiger partial charge in [0.25, 0.3) is 0 Å². The fourth-order valence-electron chi connectivity index (χ4n) is 1.43. The van der Waals surface area contributed by atoms with Gasteiger partial charge in [-0.15, -0.1) is 0 Å². The van der Waals surface area contributed by atoms with Crippen LogP contribution in [-0.2, 0) is 19.6 Å². The summed E-state index contributed by atoms with van der Waals surface area (Å²) in [7, 11) is -2.57. The second-order valence-corrected chi connectivity index (χ2v) is 5.45. The number of rotatable bonds is 5. The Balaban J connectivity index is 3.12. The number of esters is 1. The normalized spacial score (nSPS) is 11.5. The first-order valence-electron chi connectivity index (χ1n) is 5.35. The number of nitrogens with zero attached hydrogens (tertiary/aromatic N) is 1. The number of para-hydroxylation sites is 1. The molecule has 0 saturated heterocycles. The molecule has 0 aliphatic carbocycles. The van der Waals surface area contributed by atoms with Crippen molar-refractivity contribution in [2.45, 2.75) is 11.8 Å². The lowest BCUT2D eigenvalue weighted by Crippen LogP contribution is -2.36. The van der Waals surface area contributed by atoms with Crippen molar-refractivity contribution in [2.24, 2.45) is 0 Å². The fraction of sp³-hybridized carbons (Fsp3) is 0.364. The van der Waals surface area contributed by atoms with E-state index >= 15 is 0 Å². The Morgan fingerprint density at radius 3 is 2.50 bits per heavy atom. The summed E-state index contributed by atoms with van der Waals surface area (Å²) >= 11 is 0. The average molecular weight is 272 g/mol. The summed E-state index contributed by atoms with van der Waals surface area (Å²) in [6.45, 7) is 1.47. The van der Waals surface area contributed by atoms with Crippen molar-refractivity contribution in [3.05, 3.63) is 24.3 Å². The second-order valence-electron chi connectivity index (χ2n) is 3.55. The summed E-state index contributed by atoms with van der Waals surface area (Å²) < 4.78 is 30.0. The molecule has 0 bridgehead atoms. The van der Waals surface area contributed by atoms with E-state index in [9.17, 15) is 13.2 Å². The van der Waals surface area contributed by atoms with Gasteiger partial charge in [0.15, 0.2) is 0 Å².